The molecule has 2 heterocycles. The Kier molecular flexibility index (Phi) is 19.4. The molecule has 13 nitrogen and oxygen atoms in total. The summed E-state index contributed by atoms with van der Waals surface area (Å²) in [7, 11) is 2.76. The van der Waals surface area contributed by atoms with Crippen LogP contribution < -0.4 is 0 Å². The second kappa shape index (κ2) is 22.4. The third kappa shape index (κ3) is 13.2. The summed E-state index contributed by atoms with van der Waals surface area (Å²) in [5.41, 5.74) is 1.56. The van der Waals surface area contributed by atoms with Crippen LogP contribution in [-0.2, 0) is 38.1 Å². The van der Waals surface area contributed by atoms with Gasteiger partial charge in [0.25, 0.3) is 0 Å². The van der Waals surface area contributed by atoms with Crippen molar-refractivity contribution in [3.63, 3.8) is 0 Å². The molecule has 0 amide bonds. The van der Waals surface area contributed by atoms with Crippen molar-refractivity contribution in [3.8, 4) is 0 Å². The van der Waals surface area contributed by atoms with E-state index >= 15 is 0 Å². The molecule has 0 bridgehead atoms. The molecule has 14 atom stereocenters. The highest BCUT2D eigenvalue weighted by atomic mass is 16.6. The van der Waals surface area contributed by atoms with Gasteiger partial charge in [-0.15, -0.1) is 0 Å². The number of carboxylic acid groups (broad SMARTS) is 1. The van der Waals surface area contributed by atoms with Gasteiger partial charge in [0, 0.05) is 55.3 Å². The van der Waals surface area contributed by atoms with Crippen LogP contribution in [0.3, 0.4) is 0 Å². The molecule has 13 heteroatoms. The number of carbonyl (C=O) groups is 3. The molecular formula is C43H66O13. The third-order valence-electron chi connectivity index (χ3n) is 11.2. The molecule has 0 aromatic carbocycles. The molecule has 0 aromatic heterocycles. The Morgan fingerprint density at radius 3 is 2.32 bits per heavy atom. The summed E-state index contributed by atoms with van der Waals surface area (Å²) < 4.78 is 29.2. The van der Waals surface area contributed by atoms with Crippen LogP contribution >= 0.6 is 0 Å². The standard InChI is InChI=1S/C43H66O13/c1-12-15-32-28(7)35(54-37(46)19-18-36(44)45)23-43(51,56-32)30(9)40(49)29(8)41-33(52-10)17-14-16-24(3)20-26(5)38(47)31(13-2)39(48)27(6)21-25(4)22-34(53-11)42(50)55-41/h12,14-19,21-22,26-33,35,38-41,47-49,51H,13,20,23H2,1-11H3,(H,44,45)/b15-12+,17-14+,19-18+,24-16+,25-21+,34-22-/t26-,27-,28-,29+,30+,31+,32-,33+,35-,38+,39-,40-,41-,43-/m1/s1. The van der Waals surface area contributed by atoms with Crippen LogP contribution in [-0.4, -0.2) is 106 Å². The van der Waals surface area contributed by atoms with Crippen molar-refractivity contribution >= 4 is 17.9 Å². The van der Waals surface area contributed by atoms with E-state index in [0.717, 1.165) is 11.6 Å². The smallest absolute Gasteiger partial charge is 0.373 e. The first kappa shape index (κ1) is 48.6. The minimum absolute atomic E-state index is 0.143. The van der Waals surface area contributed by atoms with E-state index in [1.807, 2.05) is 33.8 Å². The number of cyclic esters (lactones) is 1. The van der Waals surface area contributed by atoms with Gasteiger partial charge in [-0.2, -0.15) is 0 Å². The maximum absolute atomic E-state index is 13.8. The van der Waals surface area contributed by atoms with Gasteiger partial charge >= 0.3 is 17.9 Å². The zero-order chi connectivity index (χ0) is 42.5. The lowest BCUT2D eigenvalue weighted by atomic mass is 9.77. The summed E-state index contributed by atoms with van der Waals surface area (Å²) in [4.78, 5) is 37.3. The van der Waals surface area contributed by atoms with Gasteiger partial charge in [0.15, 0.2) is 5.79 Å². The van der Waals surface area contributed by atoms with Crippen molar-refractivity contribution in [3.05, 3.63) is 71.6 Å². The van der Waals surface area contributed by atoms with E-state index in [0.29, 0.717) is 24.5 Å². The average molecular weight is 791 g/mol. The minimum atomic E-state index is -2.05. The maximum atomic E-state index is 13.8. The highest BCUT2D eigenvalue weighted by Crippen LogP contribution is 2.41. The number of carbonyl (C=O) groups excluding carboxylic acids is 2. The van der Waals surface area contributed by atoms with Gasteiger partial charge in [0.05, 0.1) is 31.5 Å². The van der Waals surface area contributed by atoms with Crippen molar-refractivity contribution in [1.29, 1.82) is 0 Å². The number of aliphatic hydroxyl groups excluding tert-OH is 3. The molecule has 316 valence electrons. The van der Waals surface area contributed by atoms with E-state index in [-0.39, 0.29) is 29.9 Å². The van der Waals surface area contributed by atoms with Crippen molar-refractivity contribution in [2.45, 2.75) is 130 Å². The monoisotopic (exact) mass is 790 g/mol. The summed E-state index contributed by atoms with van der Waals surface area (Å²) >= 11 is 0. The van der Waals surface area contributed by atoms with Crippen molar-refractivity contribution in [2.24, 2.45) is 35.5 Å². The average Bonchev–Trinajstić information content (AvgIpc) is 3.14. The Hall–Kier alpha value is -3.59. The van der Waals surface area contributed by atoms with Crippen LogP contribution in [0, 0.1) is 35.5 Å². The summed E-state index contributed by atoms with van der Waals surface area (Å²) in [5, 5.41) is 55.6. The number of allylic oxidation sites excluding steroid dienone is 6. The Balaban J connectivity index is 2.61. The lowest BCUT2D eigenvalue weighted by molar-refractivity contribution is -0.314. The largest absolute Gasteiger partial charge is 0.490 e. The SMILES string of the molecule is C/C=C/[C@H]1O[C@@](O)([C@@H](C)[C@H](O)[C@H](C)[C@H]2OC(=O)/C(OC)=C/C(C)=C/[C@@H](C)[C@@H](O)[C@@H](CC)[C@@H](O)[C@H](C)C/C(C)=C/C=C/[C@@H]2OC)C[C@@H](OC(=O)/C=C/C(=O)O)[C@@H]1C. The molecule has 0 spiro atoms. The number of methoxy groups -OCH3 is 2. The van der Waals surface area contributed by atoms with Gasteiger partial charge < -0.3 is 49.2 Å². The van der Waals surface area contributed by atoms with Crippen LogP contribution in [0.25, 0.3) is 0 Å². The molecule has 1 saturated heterocycles. The van der Waals surface area contributed by atoms with Crippen LogP contribution in [0.2, 0.25) is 0 Å². The number of esters is 2. The molecule has 2 aliphatic heterocycles. The normalized spacial score (nSPS) is 38.0. The topological polar surface area (TPSA) is 199 Å². The molecule has 1 fully saturated rings. The number of aliphatic carboxylic acids is 1. The van der Waals surface area contributed by atoms with Gasteiger partial charge in [-0.05, 0) is 45.6 Å². The lowest BCUT2D eigenvalue weighted by Crippen LogP contribution is -2.58. The number of aliphatic hydroxyl groups is 4. The van der Waals surface area contributed by atoms with Gasteiger partial charge in [-0.3, -0.25) is 0 Å². The molecule has 0 radical (unpaired) electrons. The Labute approximate surface area is 332 Å². The van der Waals surface area contributed by atoms with E-state index in [1.54, 1.807) is 65.0 Å². The highest BCUT2D eigenvalue weighted by molar-refractivity contribution is 5.90. The molecule has 2 rings (SSSR count). The summed E-state index contributed by atoms with van der Waals surface area (Å²) in [5.74, 6) is -8.60. The fraction of sp³-hybridized carbons (Fsp3) is 0.651. The predicted molar refractivity (Wildman–Crippen MR) is 211 cm³/mol. The van der Waals surface area contributed by atoms with E-state index in [1.165, 1.54) is 20.3 Å². The van der Waals surface area contributed by atoms with Crippen LogP contribution in [0.4, 0.5) is 0 Å². The van der Waals surface area contributed by atoms with Crippen LogP contribution in [0.15, 0.2) is 71.6 Å². The summed E-state index contributed by atoms with van der Waals surface area (Å²) in [6, 6.07) is 0. The van der Waals surface area contributed by atoms with Crippen LogP contribution in [0.5, 0.6) is 0 Å². The number of rotatable bonds is 11. The zero-order valence-electron chi connectivity index (χ0n) is 34.8. The van der Waals surface area contributed by atoms with Gasteiger partial charge in [0.2, 0.25) is 5.76 Å². The van der Waals surface area contributed by atoms with E-state index < -0.39 is 84.2 Å². The fourth-order valence-corrected chi connectivity index (χ4v) is 7.64. The molecule has 5 N–H and O–H groups in total. The van der Waals surface area contributed by atoms with Gasteiger partial charge in [-0.25, -0.2) is 14.4 Å². The molecule has 56 heavy (non-hydrogen) atoms. The molecule has 2 aliphatic rings. The first-order valence-corrected chi connectivity index (χ1v) is 19.5. The highest BCUT2D eigenvalue weighted by Gasteiger charge is 2.52. The Morgan fingerprint density at radius 1 is 1.09 bits per heavy atom. The summed E-state index contributed by atoms with van der Waals surface area (Å²) in [6.07, 6.45) is 7.61. The van der Waals surface area contributed by atoms with E-state index in [9.17, 15) is 34.8 Å². The number of hydrogen-bond donors (Lipinski definition) is 5. The number of hydrogen-bond acceptors (Lipinski definition) is 12. The molecule has 0 aliphatic carbocycles. The second-order valence-corrected chi connectivity index (χ2v) is 15.5. The molecule has 0 saturated carbocycles. The lowest BCUT2D eigenvalue weighted by Gasteiger charge is -2.48. The predicted octanol–water partition coefficient (Wildman–Crippen LogP) is 5.19. The van der Waals surface area contributed by atoms with Gasteiger partial charge in [-0.1, -0.05) is 89.1 Å². The molecular weight excluding hydrogens is 724 g/mol. The van der Waals surface area contributed by atoms with Crippen molar-refractivity contribution in [1.82, 2.24) is 0 Å². The zero-order valence-corrected chi connectivity index (χ0v) is 34.8. The first-order valence-electron chi connectivity index (χ1n) is 19.5. The first-order chi connectivity index (χ1) is 26.2. The van der Waals surface area contributed by atoms with Gasteiger partial charge in [0.1, 0.15) is 18.3 Å². The fourth-order valence-electron chi connectivity index (χ4n) is 7.64. The number of carboxylic acids is 1. The summed E-state index contributed by atoms with van der Waals surface area (Å²) in [6.45, 7) is 16.2. The van der Waals surface area contributed by atoms with Crippen LogP contribution in [0.1, 0.15) is 81.6 Å². The van der Waals surface area contributed by atoms with E-state index in [4.69, 9.17) is 28.8 Å². The number of ether oxygens (including phenoxy) is 5. The molecule has 0 unspecified atom stereocenters. The molecule has 0 aromatic rings. The van der Waals surface area contributed by atoms with Crippen molar-refractivity contribution < 1.29 is 63.6 Å². The van der Waals surface area contributed by atoms with E-state index in [2.05, 4.69) is 0 Å². The quantitative estimate of drug-likeness (QED) is 0.104. The van der Waals surface area contributed by atoms with Crippen molar-refractivity contribution in [2.75, 3.05) is 14.2 Å². The third-order valence-corrected chi connectivity index (χ3v) is 11.2. The second-order valence-electron chi connectivity index (χ2n) is 15.5. The Bertz CT molecular complexity index is 1490. The minimum Gasteiger partial charge on any atom is -0.490 e. The Morgan fingerprint density at radius 2 is 1.75 bits per heavy atom. The maximum Gasteiger partial charge on any atom is 0.373 e.